The van der Waals surface area contributed by atoms with Gasteiger partial charge in [-0.15, -0.1) is 22.9 Å². The molecule has 3 aromatic carbocycles. The molecule has 0 saturated heterocycles. The van der Waals surface area contributed by atoms with Crippen molar-refractivity contribution in [1.29, 1.82) is 0 Å². The van der Waals surface area contributed by atoms with E-state index in [4.69, 9.17) is 0 Å². The molecule has 0 aliphatic heterocycles. The first kappa shape index (κ1) is 33.1. The van der Waals surface area contributed by atoms with E-state index in [1.54, 1.807) is 5.56 Å². The molecule has 0 fully saturated rings. The third-order valence-electron chi connectivity index (χ3n) is 12.8. The second-order valence-electron chi connectivity index (χ2n) is 16.6. The summed E-state index contributed by atoms with van der Waals surface area (Å²) in [4.78, 5) is 0. The fourth-order valence-corrected chi connectivity index (χ4v) is 21.4. The number of rotatable bonds is 8. The van der Waals surface area contributed by atoms with Crippen LogP contribution in [-0.2, 0) is 5.41 Å². The highest BCUT2D eigenvalue weighted by Gasteiger charge is 2.51. The summed E-state index contributed by atoms with van der Waals surface area (Å²) in [7, 11) is -3.64. The minimum Gasteiger partial charge on any atom is -0.130 e. The lowest BCUT2D eigenvalue weighted by molar-refractivity contribution is 0.610. The van der Waals surface area contributed by atoms with Gasteiger partial charge < -0.3 is 0 Å². The molecule has 0 unspecified atom stereocenters. The van der Waals surface area contributed by atoms with E-state index in [1.807, 2.05) is 0 Å². The summed E-state index contributed by atoms with van der Waals surface area (Å²) in [6.07, 6.45) is 9.18. The van der Waals surface area contributed by atoms with Crippen molar-refractivity contribution in [3.05, 3.63) is 76.4 Å². The molecule has 6 rings (SSSR count). The molecule has 0 nitrogen and oxygen atoms in total. The molecule has 240 valence electrons. The van der Waals surface area contributed by atoms with Crippen LogP contribution in [0.3, 0.4) is 0 Å². The third kappa shape index (κ3) is 4.46. The van der Waals surface area contributed by atoms with Crippen LogP contribution in [0.15, 0.2) is 54.1 Å². The van der Waals surface area contributed by atoms with E-state index < -0.39 is 16.1 Å². The standard InChI is InChI=1S/C44H56Si2/c1-28(2)45(29(3)4,30(5)6)25-13-15-37-27-38-22-20-36-19-18-34-16-17-35-21-23-39(37)43-41(35)40(34)42(36)44(38,43)24-14-26-46(31(7)8,32(9)10)33(11)12/h16-23,27-33,37H,15,24H2,1-12H3/t37-,44+/m0/s1. The normalized spacial score (nSPS) is 19.8. The first-order valence-corrected chi connectivity index (χ1v) is 22.6. The molecule has 0 bridgehead atoms. The minimum absolute atomic E-state index is 0.198. The second kappa shape index (κ2) is 11.7. The Labute approximate surface area is 282 Å². The first-order chi connectivity index (χ1) is 21.7. The summed E-state index contributed by atoms with van der Waals surface area (Å²) in [6, 6.07) is 14.2. The maximum absolute atomic E-state index is 4.13. The van der Waals surface area contributed by atoms with Gasteiger partial charge in [0.1, 0.15) is 16.1 Å². The lowest BCUT2D eigenvalue weighted by Gasteiger charge is -2.42. The van der Waals surface area contributed by atoms with Gasteiger partial charge in [0.05, 0.1) is 5.41 Å². The third-order valence-corrected chi connectivity index (χ3v) is 25.5. The largest absolute Gasteiger partial charge is 0.145 e. The fourth-order valence-electron chi connectivity index (χ4n) is 10.8. The van der Waals surface area contributed by atoms with Gasteiger partial charge in [-0.25, -0.2) is 0 Å². The smallest absolute Gasteiger partial charge is 0.130 e. The minimum atomic E-state index is -1.85. The highest BCUT2D eigenvalue weighted by Crippen LogP contribution is 2.62. The van der Waals surface area contributed by atoms with Crippen molar-refractivity contribution in [2.45, 2.75) is 141 Å². The molecule has 3 aromatic rings. The maximum atomic E-state index is 4.13. The molecule has 0 amide bonds. The molecule has 46 heavy (non-hydrogen) atoms. The predicted molar refractivity (Wildman–Crippen MR) is 209 cm³/mol. The van der Waals surface area contributed by atoms with Crippen molar-refractivity contribution in [3.8, 4) is 22.9 Å². The molecule has 3 aliphatic carbocycles. The van der Waals surface area contributed by atoms with Gasteiger partial charge in [-0.3, -0.25) is 0 Å². The van der Waals surface area contributed by atoms with Crippen molar-refractivity contribution < 1.29 is 0 Å². The second-order valence-corrected chi connectivity index (χ2v) is 27.7. The molecule has 0 spiro atoms. The van der Waals surface area contributed by atoms with E-state index >= 15 is 0 Å². The highest BCUT2D eigenvalue weighted by atomic mass is 28.3. The Balaban J connectivity index is 1.56. The monoisotopic (exact) mass is 640 g/mol. The number of hydrogen-bond donors (Lipinski definition) is 0. The van der Waals surface area contributed by atoms with Gasteiger partial charge >= 0.3 is 0 Å². The van der Waals surface area contributed by atoms with E-state index in [0.29, 0.717) is 39.2 Å². The molecular weight excluding hydrogens is 585 g/mol. The fraction of sp³-hybridized carbons (Fsp3) is 0.500. The Morgan fingerprint density at radius 1 is 0.587 bits per heavy atom. The lowest BCUT2D eigenvalue weighted by Crippen LogP contribution is -2.43. The van der Waals surface area contributed by atoms with Crippen molar-refractivity contribution in [3.63, 3.8) is 0 Å². The van der Waals surface area contributed by atoms with E-state index in [0.717, 1.165) is 12.8 Å². The lowest BCUT2D eigenvalue weighted by atomic mass is 9.60. The SMILES string of the molecule is CC(C)[Si](C#CC[C@H]1C=C2C=Cc3ccc4ccc5ccc1c1c5c4c3[C@@]21CC#C[Si](C(C)C)(C(C)C)C(C)C)(C(C)C)C(C)C. The average Bonchev–Trinajstić information content (AvgIpc) is 3.30. The van der Waals surface area contributed by atoms with E-state index in [9.17, 15) is 0 Å². The Morgan fingerprint density at radius 3 is 1.61 bits per heavy atom. The predicted octanol–water partition coefficient (Wildman–Crippen LogP) is 12.9. The van der Waals surface area contributed by atoms with Crippen LogP contribution in [0.25, 0.3) is 27.6 Å². The average molecular weight is 641 g/mol. The zero-order chi connectivity index (χ0) is 33.3. The van der Waals surface area contributed by atoms with Gasteiger partial charge in [0, 0.05) is 18.8 Å². The van der Waals surface area contributed by atoms with E-state index in [-0.39, 0.29) is 5.41 Å². The van der Waals surface area contributed by atoms with Crippen LogP contribution >= 0.6 is 0 Å². The molecule has 0 saturated carbocycles. The quantitative estimate of drug-likeness (QED) is 0.131. The van der Waals surface area contributed by atoms with E-state index in [1.165, 1.54) is 43.8 Å². The van der Waals surface area contributed by atoms with Crippen LogP contribution in [0.2, 0.25) is 33.2 Å². The molecule has 0 N–H and O–H groups in total. The number of benzene rings is 3. The summed E-state index contributed by atoms with van der Waals surface area (Å²) in [5.41, 5.74) is 19.2. The summed E-state index contributed by atoms with van der Waals surface area (Å²) in [5, 5.41) is 5.69. The first-order valence-electron chi connectivity index (χ1n) is 18.2. The van der Waals surface area contributed by atoms with Crippen molar-refractivity contribution >= 4 is 43.8 Å². The van der Waals surface area contributed by atoms with Gasteiger partial charge in [-0.05, 0) is 82.6 Å². The van der Waals surface area contributed by atoms with Crippen LogP contribution in [-0.4, -0.2) is 16.1 Å². The summed E-state index contributed by atoms with van der Waals surface area (Å²) in [5.74, 6) is 8.18. The molecule has 2 heteroatoms. The Bertz CT molecular complexity index is 1840. The molecule has 3 aliphatic rings. The van der Waals surface area contributed by atoms with Crippen molar-refractivity contribution in [2.24, 2.45) is 0 Å². The van der Waals surface area contributed by atoms with Crippen LogP contribution in [0, 0.1) is 22.9 Å². The molecule has 2 atom stereocenters. The van der Waals surface area contributed by atoms with Crippen LogP contribution < -0.4 is 0 Å². The topological polar surface area (TPSA) is 0 Å². The van der Waals surface area contributed by atoms with Crippen LogP contribution in [0.4, 0.5) is 0 Å². The van der Waals surface area contributed by atoms with Crippen molar-refractivity contribution in [2.75, 3.05) is 0 Å². The maximum Gasteiger partial charge on any atom is 0.145 e. The van der Waals surface area contributed by atoms with Gasteiger partial charge in [0.25, 0.3) is 0 Å². The van der Waals surface area contributed by atoms with Crippen LogP contribution in [0.1, 0.15) is 124 Å². The molecular formula is C44H56Si2. The zero-order valence-electron chi connectivity index (χ0n) is 30.7. The highest BCUT2D eigenvalue weighted by molar-refractivity contribution is 6.91. The number of allylic oxidation sites excluding steroid dienone is 3. The molecule has 0 aromatic heterocycles. The van der Waals surface area contributed by atoms with Gasteiger partial charge in [0.15, 0.2) is 0 Å². The number of hydrogen-bond acceptors (Lipinski definition) is 0. The Morgan fingerprint density at radius 2 is 1.07 bits per heavy atom. The zero-order valence-corrected chi connectivity index (χ0v) is 32.7. The molecule has 0 radical (unpaired) electrons. The van der Waals surface area contributed by atoms with Gasteiger partial charge in [0.2, 0.25) is 0 Å². The Hall–Kier alpha value is -2.79. The molecule has 0 heterocycles. The Kier molecular flexibility index (Phi) is 8.44. The van der Waals surface area contributed by atoms with Crippen molar-refractivity contribution in [1.82, 2.24) is 0 Å². The summed E-state index contributed by atoms with van der Waals surface area (Å²) in [6.45, 7) is 29.1. The summed E-state index contributed by atoms with van der Waals surface area (Å²) >= 11 is 0. The van der Waals surface area contributed by atoms with Gasteiger partial charge in [-0.1, -0.05) is 138 Å². The van der Waals surface area contributed by atoms with Gasteiger partial charge in [-0.2, -0.15) is 0 Å². The summed E-state index contributed by atoms with van der Waals surface area (Å²) < 4.78 is 0. The van der Waals surface area contributed by atoms with Crippen LogP contribution in [0.5, 0.6) is 0 Å². The van der Waals surface area contributed by atoms with E-state index in [2.05, 4.69) is 161 Å².